The highest BCUT2D eigenvalue weighted by Crippen LogP contribution is 2.30. The molecule has 2 aliphatic rings. The first kappa shape index (κ1) is 16.6. The lowest BCUT2D eigenvalue weighted by molar-refractivity contribution is 0.294. The Morgan fingerprint density at radius 2 is 1.87 bits per heavy atom. The molecule has 0 radical (unpaired) electrons. The van der Waals surface area contributed by atoms with E-state index in [0.717, 1.165) is 23.3 Å². The van der Waals surface area contributed by atoms with Gasteiger partial charge >= 0.3 is 0 Å². The maximum absolute atomic E-state index is 5.76. The Morgan fingerprint density at radius 3 is 2.48 bits per heavy atom. The number of thiocarbonyl (C=S) groups is 1. The van der Waals surface area contributed by atoms with E-state index in [9.17, 15) is 0 Å². The van der Waals surface area contributed by atoms with Crippen molar-refractivity contribution in [3.63, 3.8) is 0 Å². The standard InChI is InChI=1S/C19H28N2OS/c1-14-5-3-4-6-18(14)20-19(23)21(16-9-10-16)13-15-7-11-17(22-2)12-8-15/h7-8,11-12,14,16,18H,3-6,9-10,13H2,1-2H3,(H,20,23)/t14-,18-/m0/s1. The summed E-state index contributed by atoms with van der Waals surface area (Å²) in [6.07, 6.45) is 7.79. The number of hydrogen-bond donors (Lipinski definition) is 1. The second-order valence-corrected chi connectivity index (χ2v) is 7.41. The smallest absolute Gasteiger partial charge is 0.169 e. The highest BCUT2D eigenvalue weighted by molar-refractivity contribution is 7.80. The Morgan fingerprint density at radius 1 is 1.17 bits per heavy atom. The second kappa shape index (κ2) is 7.52. The molecular weight excluding hydrogens is 304 g/mol. The van der Waals surface area contributed by atoms with Crippen LogP contribution >= 0.6 is 12.2 Å². The quantitative estimate of drug-likeness (QED) is 0.820. The molecule has 126 valence electrons. The number of rotatable bonds is 5. The van der Waals surface area contributed by atoms with Crippen molar-refractivity contribution in [2.45, 2.75) is 64.1 Å². The van der Waals surface area contributed by atoms with Crippen LogP contribution in [0.1, 0.15) is 51.0 Å². The van der Waals surface area contributed by atoms with E-state index in [0.29, 0.717) is 12.1 Å². The summed E-state index contributed by atoms with van der Waals surface area (Å²) in [6, 6.07) is 9.50. The highest BCUT2D eigenvalue weighted by Gasteiger charge is 2.32. The van der Waals surface area contributed by atoms with Gasteiger partial charge in [-0.2, -0.15) is 0 Å². The van der Waals surface area contributed by atoms with Crippen molar-refractivity contribution in [3.8, 4) is 5.75 Å². The van der Waals surface area contributed by atoms with Gasteiger partial charge in [0.1, 0.15) is 5.75 Å². The minimum atomic E-state index is 0.549. The van der Waals surface area contributed by atoms with Crippen molar-refractivity contribution in [2.24, 2.45) is 5.92 Å². The van der Waals surface area contributed by atoms with Gasteiger partial charge in [-0.3, -0.25) is 0 Å². The Kier molecular flexibility index (Phi) is 5.42. The molecule has 2 saturated carbocycles. The molecule has 3 nitrogen and oxygen atoms in total. The van der Waals surface area contributed by atoms with Gasteiger partial charge in [0, 0.05) is 18.6 Å². The molecule has 0 amide bonds. The Labute approximate surface area is 145 Å². The lowest BCUT2D eigenvalue weighted by atomic mass is 9.86. The van der Waals surface area contributed by atoms with E-state index < -0.39 is 0 Å². The van der Waals surface area contributed by atoms with Gasteiger partial charge in [0.2, 0.25) is 0 Å². The predicted octanol–water partition coefficient (Wildman–Crippen LogP) is 4.11. The molecule has 23 heavy (non-hydrogen) atoms. The van der Waals surface area contributed by atoms with Crippen LogP contribution in [0.25, 0.3) is 0 Å². The summed E-state index contributed by atoms with van der Waals surface area (Å²) >= 11 is 5.76. The third-order valence-corrected chi connectivity index (χ3v) is 5.53. The molecule has 1 aromatic carbocycles. The first-order valence-electron chi connectivity index (χ1n) is 8.87. The van der Waals surface area contributed by atoms with Crippen molar-refractivity contribution in [3.05, 3.63) is 29.8 Å². The maximum Gasteiger partial charge on any atom is 0.169 e. The fourth-order valence-corrected chi connectivity index (χ4v) is 3.82. The topological polar surface area (TPSA) is 24.5 Å². The summed E-state index contributed by atoms with van der Waals surface area (Å²) in [7, 11) is 1.70. The van der Waals surface area contributed by atoms with E-state index >= 15 is 0 Å². The Hall–Kier alpha value is -1.29. The summed E-state index contributed by atoms with van der Waals surface area (Å²) in [6.45, 7) is 3.24. The molecule has 2 fully saturated rings. The van der Waals surface area contributed by atoms with Gasteiger partial charge in [-0.1, -0.05) is 31.9 Å². The molecule has 0 aliphatic heterocycles. The average Bonchev–Trinajstić information content (AvgIpc) is 3.40. The predicted molar refractivity (Wildman–Crippen MR) is 98.7 cm³/mol. The van der Waals surface area contributed by atoms with E-state index in [2.05, 4.69) is 29.3 Å². The zero-order valence-electron chi connectivity index (χ0n) is 14.3. The van der Waals surface area contributed by atoms with Gasteiger partial charge in [0.25, 0.3) is 0 Å². The molecule has 2 aliphatic carbocycles. The number of ether oxygens (including phenoxy) is 1. The molecule has 3 rings (SSSR count). The van der Waals surface area contributed by atoms with Crippen LogP contribution in [0.3, 0.4) is 0 Å². The fraction of sp³-hybridized carbons (Fsp3) is 0.632. The van der Waals surface area contributed by atoms with Gasteiger partial charge in [0.15, 0.2) is 5.11 Å². The summed E-state index contributed by atoms with van der Waals surface area (Å²) in [5.41, 5.74) is 1.29. The van der Waals surface area contributed by atoms with Crippen molar-refractivity contribution in [1.29, 1.82) is 0 Å². The van der Waals surface area contributed by atoms with E-state index in [1.165, 1.54) is 44.1 Å². The molecule has 1 aromatic rings. The zero-order valence-corrected chi connectivity index (χ0v) is 15.1. The van der Waals surface area contributed by atoms with Crippen LogP contribution in [0.4, 0.5) is 0 Å². The molecule has 1 N–H and O–H groups in total. The summed E-state index contributed by atoms with van der Waals surface area (Å²) in [5, 5.41) is 4.61. The summed E-state index contributed by atoms with van der Waals surface area (Å²) in [4.78, 5) is 2.39. The SMILES string of the molecule is COc1ccc(CN(C(=S)N[C@H]2CCCC[C@@H]2C)C2CC2)cc1. The van der Waals surface area contributed by atoms with Gasteiger partial charge in [-0.15, -0.1) is 0 Å². The van der Waals surface area contributed by atoms with Crippen LogP contribution in [-0.4, -0.2) is 29.2 Å². The highest BCUT2D eigenvalue weighted by atomic mass is 32.1. The lowest BCUT2D eigenvalue weighted by Crippen LogP contribution is -2.48. The van der Waals surface area contributed by atoms with Crippen molar-refractivity contribution >= 4 is 17.3 Å². The monoisotopic (exact) mass is 332 g/mol. The Balaban J connectivity index is 1.62. The third-order valence-electron chi connectivity index (χ3n) is 5.18. The number of hydrogen-bond acceptors (Lipinski definition) is 2. The first-order chi connectivity index (χ1) is 11.2. The number of nitrogens with zero attached hydrogens (tertiary/aromatic N) is 1. The van der Waals surface area contributed by atoms with Gasteiger partial charge in [0.05, 0.1) is 7.11 Å². The lowest BCUT2D eigenvalue weighted by Gasteiger charge is -2.34. The van der Waals surface area contributed by atoms with Crippen LogP contribution in [0.5, 0.6) is 5.75 Å². The summed E-state index contributed by atoms with van der Waals surface area (Å²) in [5.74, 6) is 1.63. The first-order valence-corrected chi connectivity index (χ1v) is 9.28. The number of benzene rings is 1. The normalized spacial score (nSPS) is 24.1. The minimum Gasteiger partial charge on any atom is -0.497 e. The maximum atomic E-state index is 5.76. The number of nitrogens with one attached hydrogen (secondary N) is 1. The largest absolute Gasteiger partial charge is 0.497 e. The molecule has 4 heteroatoms. The molecule has 0 heterocycles. The van der Waals surface area contributed by atoms with Crippen LogP contribution < -0.4 is 10.1 Å². The van der Waals surface area contributed by atoms with Crippen LogP contribution in [0.15, 0.2) is 24.3 Å². The van der Waals surface area contributed by atoms with Crippen LogP contribution in [0.2, 0.25) is 0 Å². The fourth-order valence-electron chi connectivity index (χ4n) is 3.45. The van der Waals surface area contributed by atoms with Gasteiger partial charge < -0.3 is 15.0 Å². The molecule has 0 spiro atoms. The van der Waals surface area contributed by atoms with Crippen LogP contribution in [0, 0.1) is 5.92 Å². The summed E-state index contributed by atoms with van der Waals surface area (Å²) < 4.78 is 5.24. The molecular formula is C19H28N2OS. The molecule has 0 aromatic heterocycles. The van der Waals surface area contributed by atoms with E-state index in [1.807, 2.05) is 12.1 Å². The van der Waals surface area contributed by atoms with Crippen LogP contribution in [-0.2, 0) is 6.54 Å². The van der Waals surface area contributed by atoms with Crippen molar-refractivity contribution in [1.82, 2.24) is 10.2 Å². The molecule has 0 saturated heterocycles. The second-order valence-electron chi connectivity index (χ2n) is 7.02. The Bertz CT molecular complexity index is 527. The number of methoxy groups -OCH3 is 1. The van der Waals surface area contributed by atoms with Crippen molar-refractivity contribution in [2.75, 3.05) is 7.11 Å². The average molecular weight is 333 g/mol. The van der Waals surface area contributed by atoms with E-state index in [4.69, 9.17) is 17.0 Å². The van der Waals surface area contributed by atoms with Gasteiger partial charge in [-0.25, -0.2) is 0 Å². The molecule has 0 unspecified atom stereocenters. The minimum absolute atomic E-state index is 0.549. The zero-order chi connectivity index (χ0) is 16.2. The third kappa shape index (κ3) is 4.37. The van der Waals surface area contributed by atoms with E-state index in [1.54, 1.807) is 7.11 Å². The molecule has 2 atom stereocenters. The van der Waals surface area contributed by atoms with E-state index in [-0.39, 0.29) is 0 Å². The van der Waals surface area contributed by atoms with Crippen molar-refractivity contribution < 1.29 is 4.74 Å². The van der Waals surface area contributed by atoms with Gasteiger partial charge in [-0.05, 0) is 61.5 Å². The molecule has 0 bridgehead atoms.